The summed E-state index contributed by atoms with van der Waals surface area (Å²) in [7, 11) is -4.39. The third kappa shape index (κ3) is 37.3. The van der Waals surface area contributed by atoms with Crippen LogP contribution in [0.15, 0.2) is 60.8 Å². The van der Waals surface area contributed by atoms with Crippen molar-refractivity contribution in [1.29, 1.82) is 0 Å². The average Bonchev–Trinajstić information content (AvgIpc) is 3.11. The molecule has 0 aliphatic heterocycles. The highest BCUT2D eigenvalue weighted by atomic mass is 31.2. The van der Waals surface area contributed by atoms with Crippen LogP contribution in [0.5, 0.6) is 0 Å². The Balaban J connectivity index is 4.32. The van der Waals surface area contributed by atoms with Crippen LogP contribution in [-0.4, -0.2) is 49.3 Å². The second-order valence-electron chi connectivity index (χ2n) is 12.8. The summed E-state index contributed by atoms with van der Waals surface area (Å²) >= 11 is 0. The molecule has 0 aromatic carbocycles. The van der Waals surface area contributed by atoms with E-state index in [0.717, 1.165) is 70.6 Å². The Labute approximate surface area is 310 Å². The van der Waals surface area contributed by atoms with Crippen molar-refractivity contribution in [1.82, 2.24) is 0 Å². The van der Waals surface area contributed by atoms with Gasteiger partial charge in [0, 0.05) is 19.4 Å². The van der Waals surface area contributed by atoms with Gasteiger partial charge in [0.25, 0.3) is 0 Å². The summed E-state index contributed by atoms with van der Waals surface area (Å²) in [4.78, 5) is 34.7. The predicted octanol–water partition coefficient (Wildman–Crippen LogP) is 10.9. The topological polar surface area (TPSA) is 134 Å². The first-order valence-electron chi connectivity index (χ1n) is 19.8. The van der Waals surface area contributed by atoms with Gasteiger partial charge < -0.3 is 20.1 Å². The summed E-state index contributed by atoms with van der Waals surface area (Å²) in [5.74, 6) is -0.896. The highest BCUT2D eigenvalue weighted by Gasteiger charge is 2.25. The number of hydrogen-bond acceptors (Lipinski definition) is 8. The van der Waals surface area contributed by atoms with Crippen LogP contribution in [0.1, 0.15) is 155 Å². The molecule has 10 heteroatoms. The number of carbonyl (C=O) groups excluding carboxylic acids is 2. The number of hydrogen-bond donors (Lipinski definition) is 2. The summed E-state index contributed by atoms with van der Waals surface area (Å²) < 4.78 is 32.6. The largest absolute Gasteiger partial charge is 0.472 e. The lowest BCUT2D eigenvalue weighted by molar-refractivity contribution is -0.161. The number of phosphoric acid groups is 1. The number of nitrogens with two attached hydrogens (primary N) is 1. The molecule has 0 saturated heterocycles. The lowest BCUT2D eigenvalue weighted by atomic mass is 10.1. The van der Waals surface area contributed by atoms with Crippen LogP contribution in [0.3, 0.4) is 0 Å². The number of rotatable bonds is 36. The second-order valence-corrected chi connectivity index (χ2v) is 14.2. The van der Waals surface area contributed by atoms with E-state index in [2.05, 4.69) is 74.6 Å². The van der Waals surface area contributed by atoms with Crippen molar-refractivity contribution < 1.29 is 37.6 Å². The van der Waals surface area contributed by atoms with Crippen molar-refractivity contribution in [2.24, 2.45) is 5.73 Å². The van der Waals surface area contributed by atoms with Crippen LogP contribution >= 0.6 is 7.82 Å². The molecule has 0 spiro atoms. The minimum Gasteiger partial charge on any atom is -0.462 e. The van der Waals surface area contributed by atoms with Gasteiger partial charge in [0.05, 0.1) is 13.2 Å². The van der Waals surface area contributed by atoms with Gasteiger partial charge in [-0.25, -0.2) is 4.57 Å². The molecule has 0 bridgehead atoms. The molecular weight excluding hydrogens is 665 g/mol. The van der Waals surface area contributed by atoms with E-state index in [1.165, 1.54) is 44.9 Å². The number of ether oxygens (including phenoxy) is 2. The summed E-state index contributed by atoms with van der Waals surface area (Å²) in [6.07, 6.45) is 42.5. The molecule has 0 aliphatic carbocycles. The number of esters is 2. The van der Waals surface area contributed by atoms with Gasteiger partial charge in [-0.1, -0.05) is 120 Å². The SMILES string of the molecule is CCCCCC=CCC=CCC=CCCCCC(=O)OC(COC(=O)CCCCCCCC=CCC=CCCCCC)COP(=O)(O)OCCN. The average molecular weight is 738 g/mol. The Morgan fingerprint density at radius 1 is 0.588 bits per heavy atom. The van der Waals surface area contributed by atoms with Crippen molar-refractivity contribution in [3.05, 3.63) is 60.8 Å². The molecule has 0 amide bonds. The molecule has 0 rings (SSSR count). The molecule has 0 fully saturated rings. The molecular formula is C41H72NO8P. The van der Waals surface area contributed by atoms with Crippen molar-refractivity contribution in [2.45, 2.75) is 161 Å². The fourth-order valence-electron chi connectivity index (χ4n) is 4.90. The fourth-order valence-corrected chi connectivity index (χ4v) is 5.67. The zero-order valence-corrected chi connectivity index (χ0v) is 33.0. The molecule has 0 aromatic heterocycles. The van der Waals surface area contributed by atoms with Crippen LogP contribution < -0.4 is 5.73 Å². The van der Waals surface area contributed by atoms with Gasteiger partial charge in [-0.3, -0.25) is 18.6 Å². The summed E-state index contributed by atoms with van der Waals surface area (Å²) in [5, 5.41) is 0. The van der Waals surface area contributed by atoms with Crippen LogP contribution in [0, 0.1) is 0 Å². The summed E-state index contributed by atoms with van der Waals surface area (Å²) in [5.41, 5.74) is 5.33. The Kier molecular flexibility index (Phi) is 35.8. The van der Waals surface area contributed by atoms with Crippen LogP contribution in [0.2, 0.25) is 0 Å². The molecule has 0 aromatic rings. The van der Waals surface area contributed by atoms with E-state index in [0.29, 0.717) is 12.8 Å². The van der Waals surface area contributed by atoms with Crippen LogP contribution in [0.4, 0.5) is 0 Å². The lowest BCUT2D eigenvalue weighted by Gasteiger charge is -2.19. The molecule has 0 radical (unpaired) electrons. The van der Waals surface area contributed by atoms with Crippen molar-refractivity contribution in [3.63, 3.8) is 0 Å². The van der Waals surface area contributed by atoms with E-state index in [4.69, 9.17) is 24.3 Å². The van der Waals surface area contributed by atoms with Gasteiger partial charge in [0.2, 0.25) is 0 Å². The number of carbonyl (C=O) groups is 2. The van der Waals surface area contributed by atoms with Crippen LogP contribution in [-0.2, 0) is 32.7 Å². The highest BCUT2D eigenvalue weighted by molar-refractivity contribution is 7.47. The fraction of sp³-hybridized carbons (Fsp3) is 0.707. The zero-order chi connectivity index (χ0) is 37.5. The van der Waals surface area contributed by atoms with Gasteiger partial charge in [-0.15, -0.1) is 0 Å². The lowest BCUT2D eigenvalue weighted by Crippen LogP contribution is -2.29. The molecule has 0 saturated carbocycles. The summed E-state index contributed by atoms with van der Waals surface area (Å²) in [6, 6.07) is 0. The zero-order valence-electron chi connectivity index (χ0n) is 32.1. The minimum atomic E-state index is -4.39. The maximum absolute atomic E-state index is 12.5. The maximum Gasteiger partial charge on any atom is 0.472 e. The van der Waals surface area contributed by atoms with Crippen molar-refractivity contribution >= 4 is 19.8 Å². The van der Waals surface area contributed by atoms with E-state index in [1.54, 1.807) is 0 Å². The monoisotopic (exact) mass is 737 g/mol. The smallest absolute Gasteiger partial charge is 0.462 e. The first-order chi connectivity index (χ1) is 24.8. The highest BCUT2D eigenvalue weighted by Crippen LogP contribution is 2.43. The van der Waals surface area contributed by atoms with Crippen molar-refractivity contribution in [2.75, 3.05) is 26.4 Å². The maximum atomic E-state index is 12.5. The Hall–Kier alpha value is -2.29. The quantitative estimate of drug-likeness (QED) is 0.0279. The van der Waals surface area contributed by atoms with Gasteiger partial charge in [-0.05, 0) is 83.5 Å². The Morgan fingerprint density at radius 3 is 1.55 bits per heavy atom. The third-order valence-electron chi connectivity index (χ3n) is 7.88. The molecule has 3 N–H and O–H groups in total. The van der Waals surface area contributed by atoms with Crippen LogP contribution in [0.25, 0.3) is 0 Å². The normalized spacial score (nSPS) is 14.0. The first kappa shape index (κ1) is 48.7. The second kappa shape index (κ2) is 37.5. The van der Waals surface area contributed by atoms with E-state index < -0.39 is 32.5 Å². The predicted molar refractivity (Wildman–Crippen MR) is 210 cm³/mol. The number of allylic oxidation sites excluding steroid dienone is 10. The minimum absolute atomic E-state index is 0.0425. The van der Waals surface area contributed by atoms with Gasteiger partial charge in [0.15, 0.2) is 6.10 Å². The van der Waals surface area contributed by atoms with E-state index in [9.17, 15) is 19.0 Å². The molecule has 9 nitrogen and oxygen atoms in total. The van der Waals surface area contributed by atoms with E-state index in [-0.39, 0.29) is 32.6 Å². The Bertz CT molecular complexity index is 1020. The molecule has 0 heterocycles. The molecule has 0 aliphatic rings. The number of unbranched alkanes of at least 4 members (excludes halogenated alkanes) is 13. The van der Waals surface area contributed by atoms with E-state index in [1.807, 2.05) is 0 Å². The standard InChI is InChI=1S/C41H72NO8P/c1-3-5-7-9-11-13-15-17-19-21-23-25-27-29-31-33-40(43)47-37-39(38-49-51(45,46)48-36-35-42)50-41(44)34-32-30-28-26-24-22-20-18-16-14-12-10-8-6-4-2/h11-14,17-20,24,26,39H,3-10,15-16,21-23,25,27-38,42H2,1-2H3,(H,45,46). The number of phosphoric ester groups is 1. The molecule has 51 heavy (non-hydrogen) atoms. The van der Waals surface area contributed by atoms with Gasteiger partial charge in [-0.2, -0.15) is 0 Å². The molecule has 2 unspecified atom stereocenters. The van der Waals surface area contributed by atoms with Gasteiger partial charge in [0.1, 0.15) is 6.61 Å². The molecule has 294 valence electrons. The molecule has 2 atom stereocenters. The van der Waals surface area contributed by atoms with E-state index >= 15 is 0 Å². The Morgan fingerprint density at radius 2 is 1.02 bits per heavy atom. The summed E-state index contributed by atoms with van der Waals surface area (Å²) in [6.45, 7) is 3.59. The van der Waals surface area contributed by atoms with Gasteiger partial charge >= 0.3 is 19.8 Å². The first-order valence-corrected chi connectivity index (χ1v) is 21.3. The van der Waals surface area contributed by atoms with Crippen molar-refractivity contribution in [3.8, 4) is 0 Å². The third-order valence-corrected chi connectivity index (χ3v) is 8.86.